The lowest BCUT2D eigenvalue weighted by molar-refractivity contribution is 1.34. The molecule has 0 atom stereocenters. The number of rotatable bonds is 1. The number of halogens is 3. The van der Waals surface area contributed by atoms with Gasteiger partial charge in [-0.3, -0.25) is 0 Å². The third-order valence-corrected chi connectivity index (χ3v) is 3.46. The molecular formula is C7H4Br2ClN3. The Labute approximate surface area is 97.0 Å². The molecule has 1 aromatic rings. The largest absolute Gasteiger partial charge is 0.0828 e. The smallest absolute Gasteiger partial charge is 0.0582 e. The number of hydrogen-bond donors (Lipinski definition) is 0. The maximum atomic E-state index is 8.31. The molecule has 0 saturated carbocycles. The van der Waals surface area contributed by atoms with Crippen LogP contribution in [0.3, 0.4) is 0 Å². The van der Waals surface area contributed by atoms with Gasteiger partial charge in [-0.15, -0.1) is 0 Å². The van der Waals surface area contributed by atoms with Crippen LogP contribution in [-0.4, -0.2) is 0 Å². The van der Waals surface area contributed by atoms with Crippen LogP contribution in [0.15, 0.2) is 20.1 Å². The fraction of sp³-hybridized carbons (Fsp3) is 0.143. The SMILES string of the molecule is Cc1c(Cl)c(Br)cc(Br)c1N=[N+]=[N-]. The molecule has 0 aliphatic heterocycles. The first-order chi connectivity index (χ1) is 6.07. The molecule has 0 saturated heterocycles. The number of azide groups is 1. The third-order valence-electron chi connectivity index (χ3n) is 1.52. The molecule has 6 heteroatoms. The van der Waals surface area contributed by atoms with Gasteiger partial charge in [-0.1, -0.05) is 32.6 Å². The van der Waals surface area contributed by atoms with Crippen LogP contribution in [-0.2, 0) is 0 Å². The van der Waals surface area contributed by atoms with Gasteiger partial charge in [-0.25, -0.2) is 0 Å². The quantitative estimate of drug-likeness (QED) is 0.298. The van der Waals surface area contributed by atoms with Gasteiger partial charge in [-0.05, 0) is 40.0 Å². The van der Waals surface area contributed by atoms with E-state index >= 15 is 0 Å². The highest BCUT2D eigenvalue weighted by molar-refractivity contribution is 9.11. The molecule has 0 N–H and O–H groups in total. The van der Waals surface area contributed by atoms with E-state index in [1.54, 1.807) is 13.0 Å². The summed E-state index contributed by atoms with van der Waals surface area (Å²) in [5.41, 5.74) is 9.59. The van der Waals surface area contributed by atoms with Crippen LogP contribution < -0.4 is 0 Å². The van der Waals surface area contributed by atoms with Crippen molar-refractivity contribution in [2.24, 2.45) is 5.11 Å². The second-order valence-corrected chi connectivity index (χ2v) is 4.40. The van der Waals surface area contributed by atoms with Crippen LogP contribution in [0.25, 0.3) is 10.4 Å². The van der Waals surface area contributed by atoms with Crippen molar-refractivity contribution >= 4 is 49.1 Å². The van der Waals surface area contributed by atoms with Crippen molar-refractivity contribution in [1.29, 1.82) is 0 Å². The maximum Gasteiger partial charge on any atom is 0.0582 e. The van der Waals surface area contributed by atoms with Crippen molar-refractivity contribution in [2.75, 3.05) is 0 Å². The summed E-state index contributed by atoms with van der Waals surface area (Å²) in [6.07, 6.45) is 0. The summed E-state index contributed by atoms with van der Waals surface area (Å²) in [7, 11) is 0. The summed E-state index contributed by atoms with van der Waals surface area (Å²) in [5, 5.41) is 4.10. The zero-order valence-corrected chi connectivity index (χ0v) is 10.5. The number of benzene rings is 1. The van der Waals surface area contributed by atoms with Crippen LogP contribution >= 0.6 is 43.5 Å². The molecule has 1 aromatic carbocycles. The van der Waals surface area contributed by atoms with Gasteiger partial charge in [-0.2, -0.15) is 0 Å². The Morgan fingerprint density at radius 2 is 2.08 bits per heavy atom. The molecule has 0 aliphatic carbocycles. The number of hydrogen-bond acceptors (Lipinski definition) is 1. The average molecular weight is 325 g/mol. The second-order valence-electron chi connectivity index (χ2n) is 2.32. The van der Waals surface area contributed by atoms with Crippen molar-refractivity contribution < 1.29 is 0 Å². The highest BCUT2D eigenvalue weighted by Crippen LogP contribution is 2.38. The summed E-state index contributed by atoms with van der Waals surface area (Å²) >= 11 is 12.5. The van der Waals surface area contributed by atoms with E-state index < -0.39 is 0 Å². The van der Waals surface area contributed by atoms with Crippen molar-refractivity contribution in [3.8, 4) is 0 Å². The Bertz CT molecular complexity index is 399. The van der Waals surface area contributed by atoms with E-state index in [0.717, 1.165) is 14.5 Å². The highest BCUT2D eigenvalue weighted by Gasteiger charge is 2.09. The van der Waals surface area contributed by atoms with E-state index in [0.29, 0.717) is 10.7 Å². The lowest BCUT2D eigenvalue weighted by Gasteiger charge is -2.06. The molecule has 68 valence electrons. The number of nitrogens with zero attached hydrogens (tertiary/aromatic N) is 3. The molecule has 0 aliphatic rings. The first-order valence-electron chi connectivity index (χ1n) is 3.27. The Kier molecular flexibility index (Phi) is 3.62. The summed E-state index contributed by atoms with van der Waals surface area (Å²) in [4.78, 5) is 2.72. The molecule has 3 nitrogen and oxygen atoms in total. The monoisotopic (exact) mass is 323 g/mol. The highest BCUT2D eigenvalue weighted by atomic mass is 79.9. The molecule has 0 spiro atoms. The van der Waals surface area contributed by atoms with Gasteiger partial charge >= 0.3 is 0 Å². The third kappa shape index (κ3) is 2.17. The molecule has 0 bridgehead atoms. The second kappa shape index (κ2) is 4.33. The Morgan fingerprint density at radius 3 is 2.62 bits per heavy atom. The Balaban J connectivity index is 3.52. The van der Waals surface area contributed by atoms with Crippen molar-refractivity contribution in [3.63, 3.8) is 0 Å². The molecule has 0 radical (unpaired) electrons. The van der Waals surface area contributed by atoms with E-state index in [1.807, 2.05) is 0 Å². The van der Waals surface area contributed by atoms with Crippen LogP contribution in [0, 0.1) is 6.92 Å². The molecule has 0 heterocycles. The predicted molar refractivity (Wildman–Crippen MR) is 60.4 cm³/mol. The summed E-state index contributed by atoms with van der Waals surface area (Å²) in [5.74, 6) is 0. The van der Waals surface area contributed by atoms with Crippen molar-refractivity contribution in [1.82, 2.24) is 0 Å². The van der Waals surface area contributed by atoms with Gasteiger partial charge in [0, 0.05) is 13.9 Å². The zero-order valence-electron chi connectivity index (χ0n) is 6.55. The summed E-state index contributed by atoms with van der Waals surface area (Å²) < 4.78 is 1.49. The van der Waals surface area contributed by atoms with E-state index in [1.165, 1.54) is 0 Å². The van der Waals surface area contributed by atoms with Crippen LogP contribution in [0.5, 0.6) is 0 Å². The molecule has 1 rings (SSSR count). The van der Waals surface area contributed by atoms with Gasteiger partial charge in [0.25, 0.3) is 0 Å². The topological polar surface area (TPSA) is 48.8 Å². The van der Waals surface area contributed by atoms with Gasteiger partial charge in [0.1, 0.15) is 0 Å². The Hall–Kier alpha value is -0.220. The molecule has 13 heavy (non-hydrogen) atoms. The fourth-order valence-electron chi connectivity index (χ4n) is 0.873. The van der Waals surface area contributed by atoms with E-state index in [4.69, 9.17) is 17.1 Å². The van der Waals surface area contributed by atoms with Crippen molar-refractivity contribution in [3.05, 3.63) is 36.0 Å². The molecule has 0 unspecified atom stereocenters. The van der Waals surface area contributed by atoms with Crippen LogP contribution in [0.1, 0.15) is 5.56 Å². The minimum Gasteiger partial charge on any atom is -0.0828 e. The van der Waals surface area contributed by atoms with E-state index in [9.17, 15) is 0 Å². The van der Waals surface area contributed by atoms with Gasteiger partial charge in [0.05, 0.1) is 10.7 Å². The molecule has 0 amide bonds. The lowest BCUT2D eigenvalue weighted by atomic mass is 10.2. The molecule has 0 aromatic heterocycles. The fourth-order valence-corrected chi connectivity index (χ4v) is 2.46. The summed E-state index contributed by atoms with van der Waals surface area (Å²) in [6.45, 7) is 1.79. The first-order valence-corrected chi connectivity index (χ1v) is 5.23. The van der Waals surface area contributed by atoms with Gasteiger partial charge in [0.15, 0.2) is 0 Å². The minimum atomic E-state index is 0.524. The summed E-state index contributed by atoms with van der Waals surface area (Å²) in [6, 6.07) is 1.75. The minimum absolute atomic E-state index is 0.524. The van der Waals surface area contributed by atoms with Crippen LogP contribution in [0.2, 0.25) is 5.02 Å². The average Bonchev–Trinajstić information content (AvgIpc) is 2.09. The predicted octanol–water partition coefficient (Wildman–Crippen LogP) is 5.12. The van der Waals surface area contributed by atoms with Gasteiger partial charge < -0.3 is 0 Å². The molecular weight excluding hydrogens is 321 g/mol. The molecule has 0 fully saturated rings. The van der Waals surface area contributed by atoms with E-state index in [-0.39, 0.29) is 0 Å². The van der Waals surface area contributed by atoms with Crippen molar-refractivity contribution in [2.45, 2.75) is 6.92 Å². The first kappa shape index (κ1) is 10.9. The standard InChI is InChI=1S/C7H4Br2ClN3/c1-3-6(10)4(8)2-5(9)7(3)12-13-11/h2H,1H3. The van der Waals surface area contributed by atoms with Gasteiger partial charge in [0.2, 0.25) is 0 Å². The lowest BCUT2D eigenvalue weighted by Crippen LogP contribution is -1.80. The Morgan fingerprint density at radius 1 is 1.46 bits per heavy atom. The zero-order chi connectivity index (χ0) is 10.0. The maximum absolute atomic E-state index is 8.31. The van der Waals surface area contributed by atoms with Crippen LogP contribution in [0.4, 0.5) is 5.69 Å². The van der Waals surface area contributed by atoms with E-state index in [2.05, 4.69) is 41.9 Å². The normalized spacial score (nSPS) is 9.54.